The van der Waals surface area contributed by atoms with E-state index >= 15 is 0 Å². The van der Waals surface area contributed by atoms with Crippen LogP contribution < -0.4 is 5.32 Å². The van der Waals surface area contributed by atoms with Crippen molar-refractivity contribution >= 4 is 23.2 Å². The van der Waals surface area contributed by atoms with Gasteiger partial charge >= 0.3 is 12.1 Å². The van der Waals surface area contributed by atoms with Gasteiger partial charge in [0.25, 0.3) is 5.91 Å². The van der Waals surface area contributed by atoms with E-state index in [2.05, 4.69) is 25.3 Å². The first-order valence-corrected chi connectivity index (χ1v) is 8.98. The maximum atomic E-state index is 12.6. The van der Waals surface area contributed by atoms with Crippen LogP contribution in [-0.2, 0) is 11.2 Å². The first kappa shape index (κ1) is 22.3. The lowest BCUT2D eigenvalue weighted by Crippen LogP contribution is -2.21. The monoisotopic (exact) mass is 444 g/mol. The molecule has 4 heterocycles. The Morgan fingerprint density at radius 1 is 1.06 bits per heavy atom. The molecule has 4 aromatic heterocycles. The summed E-state index contributed by atoms with van der Waals surface area (Å²) in [6, 6.07) is 11.2. The summed E-state index contributed by atoms with van der Waals surface area (Å²) in [5.74, 6) is -1.85. The van der Waals surface area contributed by atoms with Crippen molar-refractivity contribution < 1.29 is 27.9 Å². The van der Waals surface area contributed by atoms with Crippen LogP contribution in [0.2, 0.25) is 0 Å². The lowest BCUT2D eigenvalue weighted by molar-refractivity contribution is -0.192. The molecule has 0 atom stereocenters. The Balaban J connectivity index is 0.000000360. The van der Waals surface area contributed by atoms with Crippen molar-refractivity contribution in [3.05, 3.63) is 84.6 Å². The maximum Gasteiger partial charge on any atom is 0.490 e. The van der Waals surface area contributed by atoms with Gasteiger partial charge in [0.1, 0.15) is 18.0 Å². The van der Waals surface area contributed by atoms with Crippen molar-refractivity contribution in [1.82, 2.24) is 24.3 Å². The fourth-order valence-corrected chi connectivity index (χ4v) is 2.62. The Bertz CT molecular complexity index is 1210. The predicted molar refractivity (Wildman–Crippen MR) is 106 cm³/mol. The summed E-state index contributed by atoms with van der Waals surface area (Å²) in [4.78, 5) is 38.1. The molecule has 0 bridgehead atoms. The van der Waals surface area contributed by atoms with Crippen LogP contribution in [0.5, 0.6) is 0 Å². The second-order valence-electron chi connectivity index (χ2n) is 6.22. The molecule has 0 radical (unpaired) electrons. The van der Waals surface area contributed by atoms with E-state index < -0.39 is 12.1 Å². The number of hydrogen-bond donors (Lipinski definition) is 2. The van der Waals surface area contributed by atoms with Gasteiger partial charge in [0, 0.05) is 31.2 Å². The second-order valence-corrected chi connectivity index (χ2v) is 6.22. The maximum absolute atomic E-state index is 12.6. The highest BCUT2D eigenvalue weighted by Gasteiger charge is 2.38. The third-order valence-corrected chi connectivity index (χ3v) is 3.99. The summed E-state index contributed by atoms with van der Waals surface area (Å²) >= 11 is 0. The van der Waals surface area contributed by atoms with Crippen molar-refractivity contribution in [3.8, 4) is 0 Å². The number of carboxylic acids is 1. The summed E-state index contributed by atoms with van der Waals surface area (Å²) in [6.45, 7) is 0. The van der Waals surface area contributed by atoms with E-state index in [9.17, 15) is 18.0 Å². The van der Waals surface area contributed by atoms with Crippen LogP contribution in [-0.4, -0.2) is 47.5 Å². The number of pyridine rings is 2. The van der Waals surface area contributed by atoms with Gasteiger partial charge in [-0.05, 0) is 29.8 Å². The highest BCUT2D eigenvalue weighted by molar-refractivity contribution is 6.07. The molecule has 0 aromatic carbocycles. The number of nitrogens with one attached hydrogen (secondary N) is 1. The number of aromatic nitrogens is 5. The molecular formula is C20H15F3N6O3. The van der Waals surface area contributed by atoms with E-state index in [0.29, 0.717) is 17.9 Å². The number of hydrogen-bond acceptors (Lipinski definition) is 6. The van der Waals surface area contributed by atoms with Crippen LogP contribution in [0.1, 0.15) is 21.9 Å². The summed E-state index contributed by atoms with van der Waals surface area (Å²) < 4.78 is 33.7. The third-order valence-electron chi connectivity index (χ3n) is 3.99. The number of imidazole rings is 1. The number of rotatable bonds is 4. The quantitative estimate of drug-likeness (QED) is 0.496. The summed E-state index contributed by atoms with van der Waals surface area (Å²) in [5, 5.41) is 9.87. The zero-order valence-electron chi connectivity index (χ0n) is 16.2. The van der Waals surface area contributed by atoms with E-state index in [1.165, 1.54) is 6.33 Å². The van der Waals surface area contributed by atoms with Crippen LogP contribution in [0, 0.1) is 0 Å². The molecule has 0 unspecified atom stereocenters. The molecule has 164 valence electrons. The number of aliphatic carboxylic acids is 1. The SMILES string of the molecule is O=C(Nc1ccncn1)c1nc(Cc2cccnc2)n2ccccc12.O=C(O)C(F)(F)F. The number of carbonyl (C=O) groups is 2. The van der Waals surface area contributed by atoms with Crippen molar-refractivity contribution in [2.45, 2.75) is 12.6 Å². The molecule has 9 nitrogen and oxygen atoms in total. The molecule has 32 heavy (non-hydrogen) atoms. The minimum Gasteiger partial charge on any atom is -0.475 e. The lowest BCUT2D eigenvalue weighted by atomic mass is 10.2. The highest BCUT2D eigenvalue weighted by atomic mass is 19.4. The molecule has 12 heteroatoms. The largest absolute Gasteiger partial charge is 0.490 e. The van der Waals surface area contributed by atoms with Crippen molar-refractivity contribution in [2.75, 3.05) is 5.32 Å². The Kier molecular flexibility index (Phi) is 6.73. The minimum absolute atomic E-state index is 0.306. The third kappa shape index (κ3) is 5.62. The summed E-state index contributed by atoms with van der Waals surface area (Å²) in [7, 11) is 0. The molecule has 0 spiro atoms. The Labute approximate surface area is 178 Å². The first-order chi connectivity index (χ1) is 15.3. The van der Waals surface area contributed by atoms with Gasteiger partial charge in [-0.15, -0.1) is 0 Å². The van der Waals surface area contributed by atoms with Gasteiger partial charge < -0.3 is 14.8 Å². The molecular weight excluding hydrogens is 429 g/mol. The predicted octanol–water partition coefficient (Wildman–Crippen LogP) is 3.00. The number of nitrogens with zero attached hydrogens (tertiary/aromatic N) is 5. The van der Waals surface area contributed by atoms with Crippen LogP contribution in [0.4, 0.5) is 19.0 Å². The standard InChI is InChI=1S/C18H14N6O.C2HF3O2/c25-18(22-15-6-8-20-12-21-15)17-14-5-1-2-9-24(14)16(23-17)10-13-4-3-7-19-11-13;3-2(4,5)1(6)7/h1-9,11-12H,10H2,(H,20,21,22,25);(H,6,7). The highest BCUT2D eigenvalue weighted by Crippen LogP contribution is 2.17. The second kappa shape index (κ2) is 9.64. The number of halogens is 3. The molecule has 0 saturated carbocycles. The van der Waals surface area contributed by atoms with Crippen LogP contribution in [0.15, 0.2) is 67.5 Å². The fraction of sp³-hybridized carbons (Fsp3) is 0.100. The number of carboxylic acid groups (broad SMARTS) is 1. The zero-order valence-corrected chi connectivity index (χ0v) is 16.2. The fourth-order valence-electron chi connectivity index (χ4n) is 2.62. The van der Waals surface area contributed by atoms with Crippen LogP contribution >= 0.6 is 0 Å². The molecule has 0 aliphatic rings. The average Bonchev–Trinajstić information content (AvgIpc) is 3.14. The van der Waals surface area contributed by atoms with Crippen LogP contribution in [0.3, 0.4) is 0 Å². The van der Waals surface area contributed by atoms with Gasteiger partial charge in [0.05, 0.1) is 5.52 Å². The number of alkyl halides is 3. The topological polar surface area (TPSA) is 122 Å². The minimum atomic E-state index is -5.08. The molecule has 0 aliphatic heterocycles. The normalized spacial score (nSPS) is 10.8. The molecule has 1 amide bonds. The Morgan fingerprint density at radius 3 is 2.47 bits per heavy atom. The van der Waals surface area contributed by atoms with Gasteiger partial charge in [-0.2, -0.15) is 13.2 Å². The number of carbonyl (C=O) groups excluding carboxylic acids is 1. The van der Waals surface area contributed by atoms with Gasteiger partial charge in [-0.1, -0.05) is 12.1 Å². The van der Waals surface area contributed by atoms with E-state index in [-0.39, 0.29) is 5.91 Å². The first-order valence-electron chi connectivity index (χ1n) is 8.98. The van der Waals surface area contributed by atoms with E-state index in [0.717, 1.165) is 16.9 Å². The number of anilines is 1. The summed E-state index contributed by atoms with van der Waals surface area (Å²) in [6.07, 6.45) is 3.88. The molecule has 0 saturated heterocycles. The van der Waals surface area contributed by atoms with E-state index in [1.54, 1.807) is 24.7 Å². The van der Waals surface area contributed by atoms with E-state index in [4.69, 9.17) is 9.90 Å². The number of fused-ring (bicyclic) bond motifs is 1. The van der Waals surface area contributed by atoms with E-state index in [1.807, 2.05) is 40.9 Å². The Morgan fingerprint density at radius 2 is 1.84 bits per heavy atom. The molecule has 2 N–H and O–H groups in total. The smallest absolute Gasteiger partial charge is 0.475 e. The van der Waals surface area contributed by atoms with Gasteiger partial charge in [-0.3, -0.25) is 9.78 Å². The van der Waals surface area contributed by atoms with Gasteiger partial charge in [0.15, 0.2) is 5.69 Å². The molecule has 0 aliphatic carbocycles. The molecule has 4 rings (SSSR count). The van der Waals surface area contributed by atoms with Crippen molar-refractivity contribution in [3.63, 3.8) is 0 Å². The van der Waals surface area contributed by atoms with Gasteiger partial charge in [-0.25, -0.2) is 19.7 Å². The van der Waals surface area contributed by atoms with Crippen LogP contribution in [0.25, 0.3) is 5.52 Å². The molecule has 4 aromatic rings. The lowest BCUT2D eigenvalue weighted by Gasteiger charge is -2.01. The zero-order chi connectivity index (χ0) is 23.1. The summed E-state index contributed by atoms with van der Waals surface area (Å²) in [5.41, 5.74) is 2.13. The van der Waals surface area contributed by atoms with Gasteiger partial charge in [0.2, 0.25) is 0 Å². The van der Waals surface area contributed by atoms with Crippen molar-refractivity contribution in [1.29, 1.82) is 0 Å². The Hall–Kier alpha value is -4.35. The average molecular weight is 444 g/mol. The molecule has 0 fully saturated rings. The number of amides is 1. The van der Waals surface area contributed by atoms with Crippen molar-refractivity contribution in [2.24, 2.45) is 0 Å².